The van der Waals surface area contributed by atoms with E-state index in [1.807, 2.05) is 0 Å². The minimum absolute atomic E-state index is 0. The smallest absolute Gasteiger partial charge is 0 e. The van der Waals surface area contributed by atoms with E-state index in [1.165, 1.54) is 15.9 Å². The number of benzene rings is 3. The Labute approximate surface area is 154 Å². The molecule has 0 amide bonds. The molecule has 21 heavy (non-hydrogen) atoms. The molecular formula is C18H15IrPPd. The van der Waals surface area contributed by atoms with Gasteiger partial charge in [-0.3, -0.25) is 0 Å². The molecule has 3 rings (SSSR count). The Bertz CT molecular complexity index is 535. The van der Waals surface area contributed by atoms with Gasteiger partial charge in [-0.25, -0.2) is 0 Å². The third kappa shape index (κ3) is 4.69. The van der Waals surface area contributed by atoms with Gasteiger partial charge < -0.3 is 0 Å². The first kappa shape index (κ1) is 18.5. The van der Waals surface area contributed by atoms with Crippen LogP contribution in [-0.2, 0) is 40.5 Å². The summed E-state index contributed by atoms with van der Waals surface area (Å²) < 4.78 is 0. The van der Waals surface area contributed by atoms with Gasteiger partial charge in [0.15, 0.2) is 0 Å². The molecule has 3 aromatic rings. The maximum Gasteiger partial charge on any atom is 0 e. The van der Waals surface area contributed by atoms with Crippen molar-refractivity contribution in [2.75, 3.05) is 0 Å². The van der Waals surface area contributed by atoms with Gasteiger partial charge in [-0.05, 0) is 23.8 Å². The van der Waals surface area contributed by atoms with Crippen LogP contribution in [0.4, 0.5) is 0 Å². The Morgan fingerprint density at radius 3 is 0.905 bits per heavy atom. The second-order valence-corrected chi connectivity index (χ2v) is 6.56. The first-order chi connectivity index (χ1) is 9.45. The Morgan fingerprint density at radius 1 is 0.429 bits per heavy atom. The Morgan fingerprint density at radius 2 is 0.667 bits per heavy atom. The molecular weight excluding hydrogens is 546 g/mol. The minimum Gasteiger partial charge on any atom is -0.0622 e. The molecule has 0 saturated carbocycles. The van der Waals surface area contributed by atoms with Crippen molar-refractivity contribution in [3.05, 3.63) is 91.0 Å². The topological polar surface area (TPSA) is 0 Å². The molecule has 0 fully saturated rings. The average molecular weight is 561 g/mol. The SMILES string of the molecule is [Ir].[Pd].c1ccc(P(c2ccccc2)c2ccccc2)cc1. The van der Waals surface area contributed by atoms with Crippen LogP contribution in [0, 0.1) is 0 Å². The van der Waals surface area contributed by atoms with Gasteiger partial charge in [0, 0.05) is 40.5 Å². The van der Waals surface area contributed by atoms with E-state index in [0.29, 0.717) is 0 Å². The van der Waals surface area contributed by atoms with Crippen LogP contribution in [0.3, 0.4) is 0 Å². The quantitative estimate of drug-likeness (QED) is 0.340. The second-order valence-electron chi connectivity index (χ2n) is 4.34. The van der Waals surface area contributed by atoms with Crippen LogP contribution in [0.2, 0.25) is 0 Å². The van der Waals surface area contributed by atoms with Crippen LogP contribution >= 0.6 is 7.92 Å². The molecule has 0 nitrogen and oxygen atoms in total. The molecule has 111 valence electrons. The van der Waals surface area contributed by atoms with Gasteiger partial charge >= 0.3 is 0 Å². The van der Waals surface area contributed by atoms with Crippen LogP contribution in [0.5, 0.6) is 0 Å². The molecule has 1 radical (unpaired) electrons. The summed E-state index contributed by atoms with van der Waals surface area (Å²) in [7, 11) is -0.446. The first-order valence-electron chi connectivity index (χ1n) is 6.40. The summed E-state index contributed by atoms with van der Waals surface area (Å²) in [6.45, 7) is 0. The molecule has 0 spiro atoms. The number of rotatable bonds is 3. The fraction of sp³-hybridized carbons (Fsp3) is 0. The standard InChI is InChI=1S/C18H15P.Ir.Pd/c1-4-10-16(11-5-1)19(17-12-6-2-7-13-17)18-14-8-3-9-15-18;;/h1-15H;;. The van der Waals surface area contributed by atoms with Crippen molar-refractivity contribution in [1.29, 1.82) is 0 Å². The summed E-state index contributed by atoms with van der Waals surface area (Å²) in [5.74, 6) is 0. The molecule has 0 aliphatic rings. The average Bonchev–Trinajstić information content (AvgIpc) is 2.51. The largest absolute Gasteiger partial charge is 0.0622 e. The Kier molecular flexibility index (Phi) is 8.28. The van der Waals surface area contributed by atoms with Crippen LogP contribution in [-0.4, -0.2) is 0 Å². The van der Waals surface area contributed by atoms with E-state index in [1.54, 1.807) is 0 Å². The molecule has 0 atom stereocenters. The van der Waals surface area contributed by atoms with Crippen molar-refractivity contribution in [2.45, 2.75) is 0 Å². The van der Waals surface area contributed by atoms with Gasteiger partial charge in [-0.2, -0.15) is 0 Å². The number of hydrogen-bond donors (Lipinski definition) is 0. The van der Waals surface area contributed by atoms with Crippen LogP contribution < -0.4 is 15.9 Å². The summed E-state index contributed by atoms with van der Waals surface area (Å²) in [6, 6.07) is 32.3. The molecule has 0 N–H and O–H groups in total. The first-order valence-corrected chi connectivity index (χ1v) is 7.74. The van der Waals surface area contributed by atoms with E-state index in [9.17, 15) is 0 Å². The third-order valence-corrected chi connectivity index (χ3v) is 5.49. The molecule has 0 aliphatic heterocycles. The van der Waals surface area contributed by atoms with E-state index in [4.69, 9.17) is 0 Å². The maximum atomic E-state index is 2.23. The van der Waals surface area contributed by atoms with Crippen LogP contribution in [0.15, 0.2) is 91.0 Å². The predicted octanol–water partition coefficient (Wildman–Crippen LogP) is 3.44. The summed E-state index contributed by atoms with van der Waals surface area (Å²) in [6.07, 6.45) is 0. The van der Waals surface area contributed by atoms with Gasteiger partial charge in [0.2, 0.25) is 0 Å². The fourth-order valence-electron chi connectivity index (χ4n) is 2.18. The Hall–Kier alpha value is -0.598. The normalized spacial score (nSPS) is 9.57. The van der Waals surface area contributed by atoms with Crippen molar-refractivity contribution in [1.82, 2.24) is 0 Å². The van der Waals surface area contributed by atoms with E-state index in [2.05, 4.69) is 91.0 Å². The molecule has 0 saturated heterocycles. The molecule has 0 unspecified atom stereocenters. The predicted molar refractivity (Wildman–Crippen MR) is 85.1 cm³/mol. The van der Waals surface area contributed by atoms with Crippen molar-refractivity contribution >= 4 is 23.8 Å². The summed E-state index contributed by atoms with van der Waals surface area (Å²) in [4.78, 5) is 0. The van der Waals surface area contributed by atoms with E-state index in [-0.39, 0.29) is 40.5 Å². The molecule has 0 aliphatic carbocycles. The minimum atomic E-state index is -0.446. The van der Waals surface area contributed by atoms with Crippen LogP contribution in [0.1, 0.15) is 0 Å². The third-order valence-electron chi connectivity index (χ3n) is 3.04. The number of hydrogen-bond acceptors (Lipinski definition) is 0. The maximum absolute atomic E-state index is 2.23. The van der Waals surface area contributed by atoms with Crippen LogP contribution in [0.25, 0.3) is 0 Å². The molecule has 0 aromatic heterocycles. The molecule has 3 aromatic carbocycles. The van der Waals surface area contributed by atoms with Gasteiger partial charge in [-0.1, -0.05) is 91.0 Å². The van der Waals surface area contributed by atoms with Gasteiger partial charge in [-0.15, -0.1) is 0 Å². The monoisotopic (exact) mass is 561 g/mol. The summed E-state index contributed by atoms with van der Waals surface area (Å²) in [5, 5.41) is 4.19. The van der Waals surface area contributed by atoms with Crippen molar-refractivity contribution in [2.24, 2.45) is 0 Å². The van der Waals surface area contributed by atoms with Gasteiger partial charge in [0.1, 0.15) is 0 Å². The zero-order valence-corrected chi connectivity index (χ0v) is 16.1. The second kappa shape index (κ2) is 9.43. The van der Waals surface area contributed by atoms with Crippen molar-refractivity contribution in [3.8, 4) is 0 Å². The summed E-state index contributed by atoms with van der Waals surface area (Å²) in [5.41, 5.74) is 0. The molecule has 0 bridgehead atoms. The fourth-order valence-corrected chi connectivity index (χ4v) is 4.48. The zero-order valence-electron chi connectivity index (χ0n) is 11.3. The van der Waals surface area contributed by atoms with E-state index >= 15 is 0 Å². The summed E-state index contributed by atoms with van der Waals surface area (Å²) >= 11 is 0. The zero-order chi connectivity index (χ0) is 12.9. The van der Waals surface area contributed by atoms with E-state index < -0.39 is 7.92 Å². The van der Waals surface area contributed by atoms with Gasteiger partial charge in [0.25, 0.3) is 0 Å². The molecule has 0 heterocycles. The Balaban J connectivity index is 0.00000110. The van der Waals surface area contributed by atoms with Gasteiger partial charge in [0.05, 0.1) is 0 Å². The molecule has 3 heteroatoms. The van der Waals surface area contributed by atoms with E-state index in [0.717, 1.165) is 0 Å². The van der Waals surface area contributed by atoms with Crippen molar-refractivity contribution < 1.29 is 40.5 Å². The van der Waals surface area contributed by atoms with Crippen molar-refractivity contribution in [3.63, 3.8) is 0 Å².